The average molecular weight is 492 g/mol. The fraction of sp³-hybridized carbons (Fsp3) is 0.280. The summed E-state index contributed by atoms with van der Waals surface area (Å²) in [5.41, 5.74) is 4.29. The molecule has 0 bridgehead atoms. The second-order valence-corrected chi connectivity index (χ2v) is 9.71. The summed E-state index contributed by atoms with van der Waals surface area (Å²) in [4.78, 5) is 12.2. The van der Waals surface area contributed by atoms with Crippen LogP contribution in [0.4, 0.5) is 0 Å². The predicted octanol–water partition coefficient (Wildman–Crippen LogP) is 7.25. The monoisotopic (exact) mass is 490 g/mol. The molecule has 0 amide bonds. The van der Waals surface area contributed by atoms with Crippen LogP contribution in [0.1, 0.15) is 48.7 Å². The number of esters is 1. The minimum absolute atomic E-state index is 0.0801. The van der Waals surface area contributed by atoms with E-state index in [0.717, 1.165) is 11.1 Å². The number of aryl methyl sites for hydroxylation is 1. The maximum absolute atomic E-state index is 12.2. The number of aromatic nitrogens is 2. The van der Waals surface area contributed by atoms with Gasteiger partial charge in [-0.2, -0.15) is 5.10 Å². The molecule has 1 heterocycles. The molecule has 0 saturated carbocycles. The van der Waals surface area contributed by atoms with Crippen LogP contribution >= 0.6 is 34.8 Å². The topological polar surface area (TPSA) is 44.1 Å². The number of benzene rings is 2. The Morgan fingerprint density at radius 3 is 2.28 bits per heavy atom. The number of nitrogens with zero attached hydrogens (tertiary/aromatic N) is 2. The van der Waals surface area contributed by atoms with Gasteiger partial charge in [-0.3, -0.25) is 0 Å². The molecule has 3 aromatic rings. The summed E-state index contributed by atoms with van der Waals surface area (Å²) in [7, 11) is 0. The molecular weight excluding hydrogens is 467 g/mol. The van der Waals surface area contributed by atoms with Crippen LogP contribution in [0.5, 0.6) is 0 Å². The summed E-state index contributed by atoms with van der Waals surface area (Å²) in [5.74, 6) is -0.456. The van der Waals surface area contributed by atoms with Gasteiger partial charge < -0.3 is 4.74 Å². The van der Waals surface area contributed by atoms with E-state index in [1.807, 2.05) is 19.1 Å². The average Bonchev–Trinajstić information content (AvgIpc) is 3.00. The Labute approximate surface area is 203 Å². The smallest absolute Gasteiger partial charge is 0.331 e. The Morgan fingerprint density at radius 1 is 1.06 bits per heavy atom. The summed E-state index contributed by atoms with van der Waals surface area (Å²) in [6, 6.07) is 13.4. The number of rotatable bonds is 6. The number of ether oxygens (including phenoxy) is 1. The summed E-state index contributed by atoms with van der Waals surface area (Å²) in [6.07, 6.45) is 2.96. The van der Waals surface area contributed by atoms with Crippen molar-refractivity contribution in [1.82, 2.24) is 9.78 Å². The quantitative estimate of drug-likeness (QED) is 0.269. The molecule has 0 unspecified atom stereocenters. The number of carbonyl (C=O) groups excluding carboxylic acids is 1. The van der Waals surface area contributed by atoms with E-state index in [2.05, 4.69) is 38.0 Å². The molecule has 0 N–H and O–H groups in total. The van der Waals surface area contributed by atoms with E-state index < -0.39 is 5.97 Å². The van der Waals surface area contributed by atoms with Gasteiger partial charge in [-0.05, 0) is 41.7 Å². The van der Waals surface area contributed by atoms with Crippen LogP contribution in [0.2, 0.25) is 15.2 Å². The first-order valence-corrected chi connectivity index (χ1v) is 11.3. The van der Waals surface area contributed by atoms with E-state index in [1.165, 1.54) is 11.6 Å². The number of carbonyl (C=O) groups is 1. The lowest BCUT2D eigenvalue weighted by Gasteiger charge is -2.19. The standard InChI is InChI=1S/C25H25Cl3N2O2/c1-16-19(24(28)30(29-16)14-20-21(26)6-5-7-22(20)27)12-13-23(31)32-15-17-8-10-18(11-9-17)25(2,3)4/h5-13H,14-15H2,1-4H3. The molecule has 1 aromatic heterocycles. The molecule has 0 aliphatic carbocycles. The van der Waals surface area contributed by atoms with Crippen molar-refractivity contribution >= 4 is 46.8 Å². The van der Waals surface area contributed by atoms with Crippen molar-refractivity contribution in [2.24, 2.45) is 0 Å². The van der Waals surface area contributed by atoms with E-state index in [4.69, 9.17) is 39.5 Å². The highest BCUT2D eigenvalue weighted by atomic mass is 35.5. The second kappa shape index (κ2) is 10.1. The minimum atomic E-state index is -0.456. The van der Waals surface area contributed by atoms with Gasteiger partial charge in [0.1, 0.15) is 11.8 Å². The maximum atomic E-state index is 12.2. The third-order valence-corrected chi connectivity index (χ3v) is 6.17. The Morgan fingerprint density at radius 2 is 1.69 bits per heavy atom. The summed E-state index contributed by atoms with van der Waals surface area (Å²) >= 11 is 19.0. The Bertz CT molecular complexity index is 1120. The highest BCUT2D eigenvalue weighted by molar-refractivity contribution is 6.36. The van der Waals surface area contributed by atoms with E-state index in [0.29, 0.717) is 33.0 Å². The molecule has 4 nitrogen and oxygen atoms in total. The van der Waals surface area contributed by atoms with Crippen molar-refractivity contribution in [3.63, 3.8) is 0 Å². The molecule has 0 fully saturated rings. The van der Waals surface area contributed by atoms with E-state index in [-0.39, 0.29) is 12.0 Å². The van der Waals surface area contributed by atoms with Crippen LogP contribution < -0.4 is 0 Å². The molecule has 0 spiro atoms. The Balaban J connectivity index is 1.65. The van der Waals surface area contributed by atoms with E-state index in [1.54, 1.807) is 29.0 Å². The number of hydrogen-bond acceptors (Lipinski definition) is 3. The van der Waals surface area contributed by atoms with Crippen LogP contribution in [0.25, 0.3) is 6.08 Å². The molecule has 7 heteroatoms. The lowest BCUT2D eigenvalue weighted by atomic mass is 9.87. The molecule has 0 atom stereocenters. The van der Waals surface area contributed by atoms with Gasteiger partial charge in [0, 0.05) is 27.2 Å². The minimum Gasteiger partial charge on any atom is -0.458 e. The van der Waals surface area contributed by atoms with E-state index >= 15 is 0 Å². The van der Waals surface area contributed by atoms with Crippen LogP contribution in [0.15, 0.2) is 48.5 Å². The van der Waals surface area contributed by atoms with Crippen molar-refractivity contribution in [2.75, 3.05) is 0 Å². The Hall–Kier alpha value is -2.27. The fourth-order valence-corrected chi connectivity index (χ4v) is 3.96. The van der Waals surface area contributed by atoms with E-state index in [9.17, 15) is 4.79 Å². The second-order valence-electron chi connectivity index (χ2n) is 8.54. The van der Waals surface area contributed by atoms with Gasteiger partial charge in [0.2, 0.25) is 0 Å². The fourth-order valence-electron chi connectivity index (χ4n) is 3.15. The third-order valence-electron chi connectivity index (χ3n) is 5.07. The first-order chi connectivity index (χ1) is 15.1. The number of halogens is 3. The van der Waals surface area contributed by atoms with Gasteiger partial charge in [-0.1, -0.05) is 85.9 Å². The lowest BCUT2D eigenvalue weighted by Crippen LogP contribution is -2.10. The maximum Gasteiger partial charge on any atom is 0.331 e. The van der Waals surface area contributed by atoms with Gasteiger partial charge in [-0.25, -0.2) is 9.48 Å². The van der Waals surface area contributed by atoms with Crippen molar-refractivity contribution in [3.05, 3.63) is 91.7 Å². The van der Waals surface area contributed by atoms with Gasteiger partial charge in [0.15, 0.2) is 0 Å². The van der Waals surface area contributed by atoms with Gasteiger partial charge >= 0.3 is 5.97 Å². The summed E-state index contributed by atoms with van der Waals surface area (Å²) in [5, 5.41) is 5.92. The van der Waals surface area contributed by atoms with Crippen molar-refractivity contribution in [2.45, 2.75) is 46.3 Å². The third kappa shape index (κ3) is 5.94. The molecular formula is C25H25Cl3N2O2. The molecule has 0 aliphatic rings. The van der Waals surface area contributed by atoms with Crippen LogP contribution in [-0.2, 0) is 28.1 Å². The molecule has 32 heavy (non-hydrogen) atoms. The number of hydrogen-bond donors (Lipinski definition) is 0. The largest absolute Gasteiger partial charge is 0.458 e. The zero-order valence-electron chi connectivity index (χ0n) is 18.5. The zero-order chi connectivity index (χ0) is 23.5. The first-order valence-electron chi connectivity index (χ1n) is 10.2. The van der Waals surface area contributed by atoms with Gasteiger partial charge in [0.05, 0.1) is 12.2 Å². The Kier molecular flexibility index (Phi) is 7.71. The van der Waals surface area contributed by atoms with Crippen molar-refractivity contribution in [3.8, 4) is 0 Å². The lowest BCUT2D eigenvalue weighted by molar-refractivity contribution is -0.138. The van der Waals surface area contributed by atoms with Crippen molar-refractivity contribution < 1.29 is 9.53 Å². The summed E-state index contributed by atoms with van der Waals surface area (Å²) in [6.45, 7) is 8.81. The molecule has 0 radical (unpaired) electrons. The first kappa shape index (κ1) is 24.4. The molecule has 3 rings (SSSR count). The predicted molar refractivity (Wildman–Crippen MR) is 132 cm³/mol. The van der Waals surface area contributed by atoms with Crippen LogP contribution in [0.3, 0.4) is 0 Å². The SMILES string of the molecule is Cc1nn(Cc2c(Cl)cccc2Cl)c(Cl)c1C=CC(=O)OCc1ccc(C(C)(C)C)cc1. The molecule has 168 valence electrons. The highest BCUT2D eigenvalue weighted by Crippen LogP contribution is 2.28. The van der Waals surface area contributed by atoms with Crippen molar-refractivity contribution in [1.29, 1.82) is 0 Å². The van der Waals surface area contributed by atoms with Gasteiger partial charge in [-0.15, -0.1) is 0 Å². The molecule has 0 saturated heterocycles. The normalized spacial score (nSPS) is 11.8. The molecule has 0 aliphatic heterocycles. The van der Waals surface area contributed by atoms with Gasteiger partial charge in [0.25, 0.3) is 0 Å². The summed E-state index contributed by atoms with van der Waals surface area (Å²) < 4.78 is 6.96. The van der Waals surface area contributed by atoms with Crippen LogP contribution in [-0.4, -0.2) is 15.7 Å². The van der Waals surface area contributed by atoms with Crippen LogP contribution in [0, 0.1) is 6.92 Å². The highest BCUT2D eigenvalue weighted by Gasteiger charge is 2.15. The zero-order valence-corrected chi connectivity index (χ0v) is 20.7. The molecule has 2 aromatic carbocycles.